The second kappa shape index (κ2) is 10.2. The lowest BCUT2D eigenvalue weighted by Gasteiger charge is -2.35. The van der Waals surface area contributed by atoms with Crippen LogP contribution in [0.5, 0.6) is 11.6 Å². The van der Waals surface area contributed by atoms with Crippen LogP contribution in [-0.2, 0) is 5.41 Å². The Kier molecular flexibility index (Phi) is 6.04. The van der Waals surface area contributed by atoms with Gasteiger partial charge in [-0.25, -0.2) is 4.98 Å². The van der Waals surface area contributed by atoms with Gasteiger partial charge in [-0.3, -0.25) is 4.40 Å². The molecule has 1 aliphatic rings. The van der Waals surface area contributed by atoms with Crippen molar-refractivity contribution in [1.29, 1.82) is 0 Å². The van der Waals surface area contributed by atoms with E-state index in [2.05, 4.69) is 124 Å². The highest BCUT2D eigenvalue weighted by Gasteiger charge is 2.36. The molecule has 1 aliphatic heterocycles. The third-order valence-corrected chi connectivity index (χ3v) is 10.3. The third-order valence-electron chi connectivity index (χ3n) is 10.3. The number of imidazole rings is 1. The molecular formula is C43H35N3O2. The highest BCUT2D eigenvalue weighted by Crippen LogP contribution is 2.52. The van der Waals surface area contributed by atoms with Crippen molar-refractivity contribution in [3.8, 4) is 45.0 Å². The summed E-state index contributed by atoms with van der Waals surface area (Å²) >= 11 is 0. The number of hydrogen-bond donors (Lipinski definition) is 0. The highest BCUT2D eigenvalue weighted by molar-refractivity contribution is 5.98. The van der Waals surface area contributed by atoms with E-state index in [1.165, 1.54) is 33.4 Å². The number of aromatic nitrogens is 3. The van der Waals surface area contributed by atoms with Crippen LogP contribution in [0.3, 0.4) is 0 Å². The van der Waals surface area contributed by atoms with E-state index in [1.807, 2.05) is 24.3 Å². The van der Waals surface area contributed by atoms with E-state index in [9.17, 15) is 0 Å². The first-order valence-corrected chi connectivity index (χ1v) is 16.5. The van der Waals surface area contributed by atoms with E-state index in [4.69, 9.17) is 14.1 Å². The molecule has 0 saturated heterocycles. The third kappa shape index (κ3) is 4.03. The largest absolute Gasteiger partial charge is 0.438 e. The van der Waals surface area contributed by atoms with E-state index in [1.54, 1.807) is 6.20 Å². The molecule has 0 amide bonds. The maximum Gasteiger partial charge on any atom is 0.307 e. The maximum atomic E-state index is 6.63. The molecule has 9 rings (SSSR count). The van der Waals surface area contributed by atoms with E-state index in [-0.39, 0.29) is 5.41 Å². The van der Waals surface area contributed by atoms with Gasteiger partial charge in [-0.1, -0.05) is 74.5 Å². The Hall–Kier alpha value is -5.68. The van der Waals surface area contributed by atoms with Crippen LogP contribution < -0.4 is 4.74 Å². The Morgan fingerprint density at radius 3 is 2.06 bits per heavy atom. The number of ether oxygens (including phenoxy) is 1. The summed E-state index contributed by atoms with van der Waals surface area (Å²) in [5.74, 6) is 2.18. The standard InChI is InChI=1S/C43H35N3O2/c1-24-13-17-28(37-26(3)15-19-32-39(37)47-41-33(43(32,5)6)10-9-21-44-41)22-30(24)31-23-29(18-14-25(31)2)38-27(4)16-20-36-40(38)48-42-45-34-11-7-8-12-35(34)46(36)42/h7-23H,1-6H3. The van der Waals surface area contributed by atoms with Crippen LogP contribution in [0.4, 0.5) is 0 Å². The van der Waals surface area contributed by atoms with E-state index >= 15 is 0 Å². The molecule has 48 heavy (non-hydrogen) atoms. The lowest BCUT2D eigenvalue weighted by Crippen LogP contribution is -2.25. The van der Waals surface area contributed by atoms with Gasteiger partial charge in [-0.05, 0) is 109 Å². The lowest BCUT2D eigenvalue weighted by atomic mass is 9.75. The average molecular weight is 626 g/mol. The molecule has 0 saturated carbocycles. The summed E-state index contributed by atoms with van der Waals surface area (Å²) in [6.07, 6.45) is 1.81. The minimum absolute atomic E-state index is 0.239. The molecule has 234 valence electrons. The number of oxazole rings is 1. The Morgan fingerprint density at radius 2 is 1.29 bits per heavy atom. The first-order valence-electron chi connectivity index (χ1n) is 16.5. The SMILES string of the molecule is Cc1ccc(-c2c(C)ccc3c2Oc2ncccc2C3(C)C)cc1-c1cc(-c2c(C)ccc3c2oc2nc4ccccc4n23)ccc1C. The van der Waals surface area contributed by atoms with Crippen molar-refractivity contribution in [2.75, 3.05) is 0 Å². The summed E-state index contributed by atoms with van der Waals surface area (Å²) in [5, 5.41) is 0. The number of fused-ring (bicyclic) bond motifs is 7. The van der Waals surface area contributed by atoms with Gasteiger partial charge in [-0.2, -0.15) is 4.98 Å². The first-order chi connectivity index (χ1) is 23.2. The number of para-hydroxylation sites is 2. The zero-order valence-corrected chi connectivity index (χ0v) is 28.0. The molecule has 5 heteroatoms. The zero-order chi connectivity index (χ0) is 32.9. The predicted octanol–water partition coefficient (Wildman–Crippen LogP) is 11.3. The normalized spacial score (nSPS) is 13.5. The highest BCUT2D eigenvalue weighted by atomic mass is 16.5. The number of aryl methyl sites for hydroxylation is 4. The minimum atomic E-state index is -0.239. The molecule has 0 atom stereocenters. The van der Waals surface area contributed by atoms with Crippen LogP contribution in [0.1, 0.15) is 47.2 Å². The fourth-order valence-corrected chi connectivity index (χ4v) is 7.67. The lowest BCUT2D eigenvalue weighted by molar-refractivity contribution is 0.403. The predicted molar refractivity (Wildman–Crippen MR) is 194 cm³/mol. The second-order valence-corrected chi connectivity index (χ2v) is 13.7. The first kappa shape index (κ1) is 28.5. The molecule has 8 aromatic rings. The van der Waals surface area contributed by atoms with Crippen LogP contribution in [0.15, 0.2) is 108 Å². The Morgan fingerprint density at radius 1 is 0.625 bits per heavy atom. The quantitative estimate of drug-likeness (QED) is 0.196. The molecule has 0 radical (unpaired) electrons. The van der Waals surface area contributed by atoms with Gasteiger partial charge in [0.25, 0.3) is 0 Å². The molecule has 4 heterocycles. The molecular weight excluding hydrogens is 590 g/mol. The van der Waals surface area contributed by atoms with Gasteiger partial charge in [0.15, 0.2) is 5.58 Å². The van der Waals surface area contributed by atoms with Gasteiger partial charge < -0.3 is 9.15 Å². The Balaban J connectivity index is 1.21. The molecule has 0 bridgehead atoms. The number of benzene rings is 5. The van der Waals surface area contributed by atoms with Gasteiger partial charge in [0.2, 0.25) is 5.88 Å². The summed E-state index contributed by atoms with van der Waals surface area (Å²) in [5.41, 5.74) is 17.5. The van der Waals surface area contributed by atoms with E-state index in [0.717, 1.165) is 61.3 Å². The van der Waals surface area contributed by atoms with E-state index in [0.29, 0.717) is 11.7 Å². The molecule has 0 fully saturated rings. The van der Waals surface area contributed by atoms with Gasteiger partial charge in [0.1, 0.15) is 5.75 Å². The van der Waals surface area contributed by atoms with Crippen molar-refractivity contribution >= 4 is 28.0 Å². The molecule has 5 nitrogen and oxygen atoms in total. The molecule has 0 N–H and O–H groups in total. The van der Waals surface area contributed by atoms with Crippen molar-refractivity contribution in [1.82, 2.24) is 14.4 Å². The number of rotatable bonds is 3. The summed E-state index contributed by atoms with van der Waals surface area (Å²) < 4.78 is 15.3. The van der Waals surface area contributed by atoms with Gasteiger partial charge in [-0.15, -0.1) is 0 Å². The zero-order valence-electron chi connectivity index (χ0n) is 28.0. The smallest absolute Gasteiger partial charge is 0.307 e. The number of pyridine rings is 1. The molecule has 3 aromatic heterocycles. The summed E-state index contributed by atoms with van der Waals surface area (Å²) in [4.78, 5) is 9.41. The maximum absolute atomic E-state index is 6.63. The van der Waals surface area contributed by atoms with Gasteiger partial charge >= 0.3 is 5.84 Å². The average Bonchev–Trinajstić information content (AvgIpc) is 3.62. The molecule has 0 unspecified atom stereocenters. The molecule has 0 aliphatic carbocycles. The van der Waals surface area contributed by atoms with Crippen molar-refractivity contribution < 1.29 is 9.15 Å². The second-order valence-electron chi connectivity index (χ2n) is 13.7. The van der Waals surface area contributed by atoms with Crippen LogP contribution in [0.2, 0.25) is 0 Å². The van der Waals surface area contributed by atoms with Crippen LogP contribution in [0, 0.1) is 27.7 Å². The number of nitrogens with zero attached hydrogens (tertiary/aromatic N) is 3. The Bertz CT molecular complexity index is 2620. The van der Waals surface area contributed by atoms with Crippen molar-refractivity contribution in [3.63, 3.8) is 0 Å². The summed E-state index contributed by atoms with van der Waals surface area (Å²) in [6.45, 7) is 13.2. The summed E-state index contributed by atoms with van der Waals surface area (Å²) in [6, 6.07) is 34.6. The van der Waals surface area contributed by atoms with Crippen molar-refractivity contribution in [3.05, 3.63) is 137 Å². The van der Waals surface area contributed by atoms with Crippen molar-refractivity contribution in [2.24, 2.45) is 0 Å². The number of hydrogen-bond acceptors (Lipinski definition) is 4. The molecule has 5 aromatic carbocycles. The van der Waals surface area contributed by atoms with Crippen LogP contribution in [0.25, 0.3) is 61.4 Å². The minimum Gasteiger partial charge on any atom is -0.438 e. The topological polar surface area (TPSA) is 52.6 Å². The van der Waals surface area contributed by atoms with Gasteiger partial charge in [0.05, 0.1) is 16.6 Å². The van der Waals surface area contributed by atoms with Crippen LogP contribution in [-0.4, -0.2) is 14.4 Å². The van der Waals surface area contributed by atoms with Gasteiger partial charge in [0, 0.05) is 33.9 Å². The van der Waals surface area contributed by atoms with Crippen LogP contribution >= 0.6 is 0 Å². The summed E-state index contributed by atoms with van der Waals surface area (Å²) in [7, 11) is 0. The fraction of sp³-hybridized carbons (Fsp3) is 0.163. The van der Waals surface area contributed by atoms with E-state index < -0.39 is 0 Å². The van der Waals surface area contributed by atoms with Crippen molar-refractivity contribution in [2.45, 2.75) is 47.0 Å². The Labute approximate surface area is 279 Å². The fourth-order valence-electron chi connectivity index (χ4n) is 7.67. The molecule has 0 spiro atoms. The monoisotopic (exact) mass is 625 g/mol.